The SMILES string of the molecule is Cc1ccccc1CN(C)C(=O)CSCCN. The maximum Gasteiger partial charge on any atom is 0.232 e. The van der Waals surface area contributed by atoms with Crippen molar-refractivity contribution in [1.82, 2.24) is 4.90 Å². The van der Waals surface area contributed by atoms with Gasteiger partial charge in [0.1, 0.15) is 0 Å². The minimum Gasteiger partial charge on any atom is -0.341 e. The summed E-state index contributed by atoms with van der Waals surface area (Å²) >= 11 is 1.59. The number of nitrogens with zero attached hydrogens (tertiary/aromatic N) is 1. The molecule has 0 atom stereocenters. The van der Waals surface area contributed by atoms with Gasteiger partial charge in [0, 0.05) is 25.9 Å². The van der Waals surface area contributed by atoms with Crippen LogP contribution in [-0.2, 0) is 11.3 Å². The number of carbonyl (C=O) groups excluding carboxylic acids is 1. The van der Waals surface area contributed by atoms with Crippen molar-refractivity contribution in [2.45, 2.75) is 13.5 Å². The van der Waals surface area contributed by atoms with E-state index < -0.39 is 0 Å². The first-order valence-corrected chi connectivity index (χ1v) is 6.87. The van der Waals surface area contributed by atoms with Gasteiger partial charge in [-0.25, -0.2) is 0 Å². The fourth-order valence-corrected chi connectivity index (χ4v) is 2.19. The maximum atomic E-state index is 11.8. The van der Waals surface area contributed by atoms with Gasteiger partial charge < -0.3 is 10.6 Å². The summed E-state index contributed by atoms with van der Waals surface area (Å²) in [6, 6.07) is 8.14. The second kappa shape index (κ2) is 7.35. The average molecular weight is 252 g/mol. The van der Waals surface area contributed by atoms with E-state index in [1.807, 2.05) is 19.2 Å². The third kappa shape index (κ3) is 4.79. The molecule has 3 nitrogen and oxygen atoms in total. The van der Waals surface area contributed by atoms with E-state index in [0.29, 0.717) is 18.8 Å². The molecule has 0 spiro atoms. The van der Waals surface area contributed by atoms with E-state index in [9.17, 15) is 4.79 Å². The summed E-state index contributed by atoms with van der Waals surface area (Å²) in [5.41, 5.74) is 7.81. The van der Waals surface area contributed by atoms with Crippen LogP contribution in [0.2, 0.25) is 0 Å². The Morgan fingerprint density at radius 1 is 1.41 bits per heavy atom. The topological polar surface area (TPSA) is 46.3 Å². The van der Waals surface area contributed by atoms with Crippen LogP contribution in [0.3, 0.4) is 0 Å². The van der Waals surface area contributed by atoms with E-state index in [1.165, 1.54) is 11.1 Å². The fraction of sp³-hybridized carbons (Fsp3) is 0.462. The number of aryl methyl sites for hydroxylation is 1. The molecule has 0 aliphatic heterocycles. The molecule has 1 amide bonds. The second-order valence-electron chi connectivity index (χ2n) is 4.02. The highest BCUT2D eigenvalue weighted by atomic mass is 32.2. The first kappa shape index (κ1) is 14.1. The smallest absolute Gasteiger partial charge is 0.232 e. The molecule has 1 aromatic rings. The molecule has 1 rings (SSSR count). The molecule has 0 unspecified atom stereocenters. The molecule has 0 aromatic heterocycles. The Hall–Kier alpha value is -1.000. The van der Waals surface area contributed by atoms with Gasteiger partial charge in [0.2, 0.25) is 5.91 Å². The van der Waals surface area contributed by atoms with Crippen LogP contribution in [0, 0.1) is 6.92 Å². The van der Waals surface area contributed by atoms with E-state index in [1.54, 1.807) is 16.7 Å². The molecular formula is C13H20N2OS. The molecule has 4 heteroatoms. The number of nitrogens with two attached hydrogens (primary N) is 1. The number of carbonyl (C=O) groups is 1. The summed E-state index contributed by atoms with van der Waals surface area (Å²) in [6.07, 6.45) is 0. The first-order valence-electron chi connectivity index (χ1n) is 5.71. The van der Waals surface area contributed by atoms with Gasteiger partial charge in [-0.1, -0.05) is 24.3 Å². The van der Waals surface area contributed by atoms with Gasteiger partial charge in [0.05, 0.1) is 5.75 Å². The van der Waals surface area contributed by atoms with Gasteiger partial charge in [0.25, 0.3) is 0 Å². The Kier molecular flexibility index (Phi) is 6.08. The van der Waals surface area contributed by atoms with E-state index in [0.717, 1.165) is 5.75 Å². The number of hydrogen-bond donors (Lipinski definition) is 1. The van der Waals surface area contributed by atoms with Crippen LogP contribution < -0.4 is 5.73 Å². The largest absolute Gasteiger partial charge is 0.341 e. The summed E-state index contributed by atoms with van der Waals surface area (Å²) in [5, 5.41) is 0. The second-order valence-corrected chi connectivity index (χ2v) is 5.12. The predicted octanol–water partition coefficient (Wildman–Crippen LogP) is 1.65. The van der Waals surface area contributed by atoms with Gasteiger partial charge in [-0.15, -0.1) is 0 Å². The lowest BCUT2D eigenvalue weighted by molar-refractivity contribution is -0.127. The van der Waals surface area contributed by atoms with Gasteiger partial charge in [0.15, 0.2) is 0 Å². The summed E-state index contributed by atoms with van der Waals surface area (Å²) < 4.78 is 0. The van der Waals surface area contributed by atoms with Gasteiger partial charge in [-0.3, -0.25) is 4.79 Å². The van der Waals surface area contributed by atoms with Crippen molar-refractivity contribution in [3.05, 3.63) is 35.4 Å². The molecule has 0 fully saturated rings. The van der Waals surface area contributed by atoms with Crippen LogP contribution in [0.25, 0.3) is 0 Å². The van der Waals surface area contributed by atoms with Gasteiger partial charge in [-0.2, -0.15) is 11.8 Å². The van der Waals surface area contributed by atoms with Crippen molar-refractivity contribution in [2.24, 2.45) is 5.73 Å². The van der Waals surface area contributed by atoms with Crippen LogP contribution in [-0.4, -0.2) is 35.9 Å². The lowest BCUT2D eigenvalue weighted by Gasteiger charge is -2.18. The molecule has 1 aromatic carbocycles. The van der Waals surface area contributed by atoms with Gasteiger partial charge in [-0.05, 0) is 18.1 Å². The van der Waals surface area contributed by atoms with Crippen molar-refractivity contribution in [3.8, 4) is 0 Å². The average Bonchev–Trinajstić information content (AvgIpc) is 2.32. The van der Waals surface area contributed by atoms with Gasteiger partial charge >= 0.3 is 0 Å². The molecule has 0 saturated heterocycles. The Morgan fingerprint density at radius 3 is 2.76 bits per heavy atom. The lowest BCUT2D eigenvalue weighted by atomic mass is 10.1. The highest BCUT2D eigenvalue weighted by Gasteiger charge is 2.09. The molecular weight excluding hydrogens is 232 g/mol. The zero-order valence-corrected chi connectivity index (χ0v) is 11.3. The summed E-state index contributed by atoms with van der Waals surface area (Å²) in [6.45, 7) is 3.37. The van der Waals surface area contributed by atoms with E-state index in [-0.39, 0.29) is 5.91 Å². The van der Waals surface area contributed by atoms with Crippen LogP contribution >= 0.6 is 11.8 Å². The molecule has 0 aliphatic carbocycles. The summed E-state index contributed by atoms with van der Waals surface area (Å²) in [7, 11) is 1.85. The van der Waals surface area contributed by atoms with Crippen LogP contribution in [0.5, 0.6) is 0 Å². The Labute approximate surface area is 107 Å². The van der Waals surface area contributed by atoms with E-state index in [4.69, 9.17) is 5.73 Å². The highest BCUT2D eigenvalue weighted by Crippen LogP contribution is 2.10. The Balaban J connectivity index is 2.46. The molecule has 2 N–H and O–H groups in total. The van der Waals surface area contributed by atoms with Crippen molar-refractivity contribution in [3.63, 3.8) is 0 Å². The maximum absolute atomic E-state index is 11.8. The summed E-state index contributed by atoms with van der Waals surface area (Å²) in [5.74, 6) is 1.51. The standard InChI is InChI=1S/C13H20N2OS/c1-11-5-3-4-6-12(11)9-15(2)13(16)10-17-8-7-14/h3-6H,7-10,14H2,1-2H3. The normalized spacial score (nSPS) is 10.3. The zero-order chi connectivity index (χ0) is 12.7. The van der Waals surface area contributed by atoms with E-state index >= 15 is 0 Å². The molecule has 94 valence electrons. The number of hydrogen-bond acceptors (Lipinski definition) is 3. The quantitative estimate of drug-likeness (QED) is 0.783. The lowest BCUT2D eigenvalue weighted by Crippen LogP contribution is -2.28. The Bertz CT molecular complexity index is 368. The summed E-state index contributed by atoms with van der Waals surface area (Å²) in [4.78, 5) is 13.6. The molecule has 17 heavy (non-hydrogen) atoms. The number of amides is 1. The highest BCUT2D eigenvalue weighted by molar-refractivity contribution is 7.99. The third-order valence-corrected chi connectivity index (χ3v) is 3.56. The predicted molar refractivity (Wildman–Crippen MR) is 74.0 cm³/mol. The molecule has 0 bridgehead atoms. The first-order chi connectivity index (χ1) is 8.15. The van der Waals surface area contributed by atoms with Crippen LogP contribution in [0.1, 0.15) is 11.1 Å². The third-order valence-electron chi connectivity index (χ3n) is 2.58. The van der Waals surface area contributed by atoms with Crippen molar-refractivity contribution >= 4 is 17.7 Å². The van der Waals surface area contributed by atoms with Crippen LogP contribution in [0.15, 0.2) is 24.3 Å². The number of rotatable bonds is 6. The molecule has 0 saturated carbocycles. The van der Waals surface area contributed by atoms with Crippen LogP contribution in [0.4, 0.5) is 0 Å². The zero-order valence-electron chi connectivity index (χ0n) is 10.5. The monoisotopic (exact) mass is 252 g/mol. The minimum atomic E-state index is 0.159. The fourth-order valence-electron chi connectivity index (χ4n) is 1.48. The minimum absolute atomic E-state index is 0.159. The van der Waals surface area contributed by atoms with Crippen molar-refractivity contribution in [1.29, 1.82) is 0 Å². The number of benzene rings is 1. The number of thioether (sulfide) groups is 1. The molecule has 0 radical (unpaired) electrons. The Morgan fingerprint density at radius 2 is 2.12 bits per heavy atom. The molecule has 0 heterocycles. The van der Waals surface area contributed by atoms with Crippen molar-refractivity contribution < 1.29 is 4.79 Å². The van der Waals surface area contributed by atoms with E-state index in [2.05, 4.69) is 19.1 Å². The van der Waals surface area contributed by atoms with Crippen molar-refractivity contribution in [2.75, 3.05) is 25.1 Å². The molecule has 0 aliphatic rings.